The molecule has 0 rings (SSSR count). The van der Waals surface area contributed by atoms with Gasteiger partial charge >= 0.3 is 0 Å². The number of hydrogen-bond acceptors (Lipinski definition) is 0. The summed E-state index contributed by atoms with van der Waals surface area (Å²) in [6.07, 6.45) is 2.38. The van der Waals surface area contributed by atoms with Gasteiger partial charge in [0.05, 0.1) is 0 Å². The van der Waals surface area contributed by atoms with Crippen LogP contribution in [0.25, 0.3) is 0 Å². The summed E-state index contributed by atoms with van der Waals surface area (Å²) in [6.45, 7) is 11.2. The van der Waals surface area contributed by atoms with E-state index < -0.39 is 0 Å². The Hall–Kier alpha value is 0.290. The van der Waals surface area contributed by atoms with Gasteiger partial charge in [-0.1, -0.05) is 27.7 Å². The Morgan fingerprint density at radius 3 is 1.82 bits per heavy atom. The van der Waals surface area contributed by atoms with E-state index in [1.54, 1.807) is 0 Å². The average Bonchev–Trinajstić information content (AvgIpc) is 1.80. The summed E-state index contributed by atoms with van der Waals surface area (Å²) in [5, 5.41) is 0.333. The van der Waals surface area contributed by atoms with Crippen LogP contribution in [0.4, 0.5) is 0 Å². The lowest BCUT2D eigenvalue weighted by Gasteiger charge is -2.27. The summed E-state index contributed by atoms with van der Waals surface area (Å²) < 4.78 is 0. The van der Waals surface area contributed by atoms with Gasteiger partial charge in [0.25, 0.3) is 0 Å². The van der Waals surface area contributed by atoms with Crippen LogP contribution < -0.4 is 0 Å². The number of hydrogen-bond donors (Lipinski definition) is 0. The summed E-state index contributed by atoms with van der Waals surface area (Å²) in [6, 6.07) is 0. The number of rotatable bonds is 3. The van der Waals surface area contributed by atoms with Crippen LogP contribution >= 0.6 is 11.6 Å². The van der Waals surface area contributed by atoms with E-state index in [4.69, 9.17) is 11.6 Å². The van der Waals surface area contributed by atoms with Gasteiger partial charge < -0.3 is 0 Å². The second-order valence-corrected chi connectivity index (χ2v) is 5.37. The first kappa shape index (κ1) is 11.3. The minimum Gasteiger partial charge on any atom is -0.123 e. The van der Waals surface area contributed by atoms with E-state index in [0.717, 1.165) is 12.3 Å². The smallest absolute Gasteiger partial charge is 0.0307 e. The molecule has 0 aromatic rings. The van der Waals surface area contributed by atoms with E-state index in [1.165, 1.54) is 6.42 Å². The molecule has 0 fully saturated rings. The fourth-order valence-corrected chi connectivity index (χ4v) is 1.04. The predicted molar refractivity (Wildman–Crippen MR) is 53.2 cm³/mol. The summed E-state index contributed by atoms with van der Waals surface area (Å²) in [7, 11) is 0. The zero-order valence-corrected chi connectivity index (χ0v) is 9.20. The molecule has 0 aliphatic carbocycles. The maximum atomic E-state index is 5.87. The van der Waals surface area contributed by atoms with Crippen molar-refractivity contribution in [3.8, 4) is 0 Å². The molecule has 0 N–H and O–H groups in total. The molecule has 2 atom stereocenters. The highest BCUT2D eigenvalue weighted by Gasteiger charge is 2.19. The van der Waals surface area contributed by atoms with Crippen molar-refractivity contribution >= 4 is 11.6 Å². The maximum Gasteiger partial charge on any atom is 0.0307 e. The van der Waals surface area contributed by atoms with Crippen LogP contribution in [0.5, 0.6) is 0 Å². The van der Waals surface area contributed by atoms with Crippen molar-refractivity contribution in [2.45, 2.75) is 52.8 Å². The fraction of sp³-hybridized carbons (Fsp3) is 1.00. The highest BCUT2D eigenvalue weighted by molar-refractivity contribution is 6.20. The van der Waals surface area contributed by atoms with Crippen molar-refractivity contribution in [2.24, 2.45) is 11.3 Å². The van der Waals surface area contributed by atoms with Crippen molar-refractivity contribution in [3.63, 3.8) is 0 Å². The van der Waals surface area contributed by atoms with Gasteiger partial charge in [-0.05, 0) is 31.1 Å². The molecule has 0 aliphatic heterocycles. The van der Waals surface area contributed by atoms with E-state index in [9.17, 15) is 0 Å². The largest absolute Gasteiger partial charge is 0.123 e. The van der Waals surface area contributed by atoms with Crippen LogP contribution in [0.15, 0.2) is 0 Å². The molecule has 0 nitrogen and oxygen atoms in total. The van der Waals surface area contributed by atoms with Gasteiger partial charge in [0, 0.05) is 5.38 Å². The maximum absolute atomic E-state index is 5.87. The summed E-state index contributed by atoms with van der Waals surface area (Å²) in [5.74, 6) is 0.767. The molecule has 1 heteroatoms. The van der Waals surface area contributed by atoms with E-state index in [1.807, 2.05) is 0 Å². The van der Waals surface area contributed by atoms with E-state index in [0.29, 0.717) is 10.8 Å². The molecular formula is C10H21Cl. The lowest BCUT2D eigenvalue weighted by Crippen LogP contribution is -2.17. The van der Waals surface area contributed by atoms with Crippen LogP contribution in [0.2, 0.25) is 0 Å². The van der Waals surface area contributed by atoms with Crippen molar-refractivity contribution < 1.29 is 0 Å². The first-order chi connectivity index (χ1) is 4.84. The molecule has 11 heavy (non-hydrogen) atoms. The number of alkyl halides is 1. The Bertz CT molecular complexity index is 99.9. The van der Waals surface area contributed by atoms with Gasteiger partial charge in [-0.25, -0.2) is 0 Å². The van der Waals surface area contributed by atoms with Gasteiger partial charge in [-0.15, -0.1) is 11.6 Å². The van der Waals surface area contributed by atoms with Gasteiger partial charge in [-0.3, -0.25) is 0 Å². The Morgan fingerprint density at radius 1 is 1.09 bits per heavy atom. The fourth-order valence-electron chi connectivity index (χ4n) is 0.913. The lowest BCUT2D eigenvalue weighted by atomic mass is 9.79. The summed E-state index contributed by atoms with van der Waals surface area (Å²) in [5.41, 5.74) is 0.436. The van der Waals surface area contributed by atoms with Gasteiger partial charge in [0.15, 0.2) is 0 Å². The standard InChI is InChI=1S/C10H21Cl/c1-8(10(3,4)5)6-7-9(2)11/h8-9H,6-7H2,1-5H3. The molecule has 0 bridgehead atoms. The Balaban J connectivity index is 3.61. The molecule has 2 unspecified atom stereocenters. The van der Waals surface area contributed by atoms with Gasteiger partial charge in [0.2, 0.25) is 0 Å². The highest BCUT2D eigenvalue weighted by atomic mass is 35.5. The average molecular weight is 177 g/mol. The third-order valence-corrected chi connectivity index (χ3v) is 2.69. The zero-order valence-electron chi connectivity index (χ0n) is 8.45. The molecule has 0 saturated heterocycles. The Morgan fingerprint density at radius 2 is 1.55 bits per heavy atom. The SMILES string of the molecule is CC(Cl)CCC(C)C(C)(C)C. The first-order valence-electron chi connectivity index (χ1n) is 4.48. The quantitative estimate of drug-likeness (QED) is 0.569. The number of halogens is 1. The molecule has 0 aromatic heterocycles. The molecule has 0 heterocycles. The molecule has 68 valence electrons. The van der Waals surface area contributed by atoms with E-state index >= 15 is 0 Å². The van der Waals surface area contributed by atoms with Crippen LogP contribution in [0, 0.1) is 11.3 Å². The monoisotopic (exact) mass is 176 g/mol. The van der Waals surface area contributed by atoms with Crippen molar-refractivity contribution in [1.82, 2.24) is 0 Å². The predicted octanol–water partition coefficient (Wildman–Crippen LogP) is 4.08. The van der Waals surface area contributed by atoms with Gasteiger partial charge in [0.1, 0.15) is 0 Å². The van der Waals surface area contributed by atoms with E-state index in [2.05, 4.69) is 34.6 Å². The molecule has 0 aromatic carbocycles. The zero-order chi connectivity index (χ0) is 9.07. The van der Waals surface area contributed by atoms with Crippen molar-refractivity contribution in [3.05, 3.63) is 0 Å². The minimum atomic E-state index is 0.333. The second-order valence-electron chi connectivity index (χ2n) is 4.63. The molecule has 0 aliphatic rings. The summed E-state index contributed by atoms with van der Waals surface area (Å²) >= 11 is 5.87. The van der Waals surface area contributed by atoms with E-state index in [-0.39, 0.29) is 0 Å². The molecule has 0 saturated carbocycles. The third-order valence-electron chi connectivity index (χ3n) is 2.48. The van der Waals surface area contributed by atoms with Crippen LogP contribution in [-0.4, -0.2) is 5.38 Å². The second kappa shape index (κ2) is 4.35. The molecule has 0 radical (unpaired) electrons. The molecular weight excluding hydrogens is 156 g/mol. The van der Waals surface area contributed by atoms with Crippen molar-refractivity contribution in [1.29, 1.82) is 0 Å². The highest BCUT2D eigenvalue weighted by Crippen LogP contribution is 2.29. The van der Waals surface area contributed by atoms with Crippen LogP contribution in [-0.2, 0) is 0 Å². The lowest BCUT2D eigenvalue weighted by molar-refractivity contribution is 0.242. The van der Waals surface area contributed by atoms with Crippen LogP contribution in [0.1, 0.15) is 47.5 Å². The third kappa shape index (κ3) is 5.55. The van der Waals surface area contributed by atoms with Crippen molar-refractivity contribution in [2.75, 3.05) is 0 Å². The normalized spacial score (nSPS) is 18.0. The molecule has 0 amide bonds. The topological polar surface area (TPSA) is 0 Å². The minimum absolute atomic E-state index is 0.333. The molecule has 0 spiro atoms. The van der Waals surface area contributed by atoms with Gasteiger partial charge in [-0.2, -0.15) is 0 Å². The first-order valence-corrected chi connectivity index (χ1v) is 4.91. The summed E-state index contributed by atoms with van der Waals surface area (Å²) in [4.78, 5) is 0. The Kier molecular flexibility index (Phi) is 4.46. The van der Waals surface area contributed by atoms with Crippen LogP contribution in [0.3, 0.4) is 0 Å². The Labute approximate surface area is 76.3 Å².